The van der Waals surface area contributed by atoms with Gasteiger partial charge in [-0.1, -0.05) is 26.0 Å². The number of anilines is 1. The minimum absolute atomic E-state index is 0.123. The molecule has 122 valence electrons. The molecule has 1 heterocycles. The van der Waals surface area contributed by atoms with E-state index in [1.807, 2.05) is 43.5 Å². The van der Waals surface area contributed by atoms with Gasteiger partial charge in [-0.05, 0) is 43.5 Å². The van der Waals surface area contributed by atoms with E-state index in [2.05, 4.69) is 24.1 Å². The molecule has 2 rings (SSSR count). The first-order valence-electron chi connectivity index (χ1n) is 7.65. The van der Waals surface area contributed by atoms with Crippen molar-refractivity contribution in [2.45, 2.75) is 39.7 Å². The second-order valence-electron chi connectivity index (χ2n) is 5.79. The van der Waals surface area contributed by atoms with Crippen molar-refractivity contribution < 1.29 is 9.53 Å². The van der Waals surface area contributed by atoms with Crippen LogP contribution in [0.3, 0.4) is 0 Å². The topological polar surface area (TPSA) is 51.2 Å². The van der Waals surface area contributed by atoms with Gasteiger partial charge in [0.2, 0.25) is 5.91 Å². The summed E-state index contributed by atoms with van der Waals surface area (Å²) in [4.78, 5) is 16.3. The zero-order valence-electron chi connectivity index (χ0n) is 13.9. The molecule has 1 aromatic carbocycles. The highest BCUT2D eigenvalue weighted by Crippen LogP contribution is 2.21. The summed E-state index contributed by atoms with van der Waals surface area (Å²) in [5.41, 5.74) is 1.91. The van der Waals surface area contributed by atoms with Gasteiger partial charge in [0.25, 0.3) is 0 Å². The van der Waals surface area contributed by atoms with Crippen LogP contribution >= 0.6 is 11.3 Å². The Morgan fingerprint density at radius 1 is 1.30 bits per heavy atom. The fourth-order valence-corrected chi connectivity index (χ4v) is 2.77. The van der Waals surface area contributed by atoms with Crippen molar-refractivity contribution in [2.24, 2.45) is 0 Å². The zero-order valence-corrected chi connectivity index (χ0v) is 14.7. The number of nitrogens with one attached hydrogen (secondary N) is 1. The molecular weight excluding hydrogens is 308 g/mol. The fourth-order valence-electron chi connectivity index (χ4n) is 1.89. The van der Waals surface area contributed by atoms with Crippen molar-refractivity contribution in [3.05, 3.63) is 47.0 Å². The van der Waals surface area contributed by atoms with Crippen molar-refractivity contribution in [3.63, 3.8) is 0 Å². The summed E-state index contributed by atoms with van der Waals surface area (Å²) in [6.07, 6.45) is 3.39. The van der Waals surface area contributed by atoms with Gasteiger partial charge in [0.05, 0.1) is 11.8 Å². The molecule has 2 aromatic rings. The Kier molecular flexibility index (Phi) is 5.93. The lowest BCUT2D eigenvalue weighted by molar-refractivity contribution is -0.111. The molecule has 0 aliphatic heterocycles. The average Bonchev–Trinajstić information content (AvgIpc) is 2.93. The van der Waals surface area contributed by atoms with E-state index >= 15 is 0 Å². The number of nitrogens with zero attached hydrogens (tertiary/aromatic N) is 1. The minimum Gasteiger partial charge on any atom is -0.491 e. The summed E-state index contributed by atoms with van der Waals surface area (Å²) >= 11 is 1.44. The van der Waals surface area contributed by atoms with Crippen LogP contribution in [0.15, 0.2) is 35.7 Å². The van der Waals surface area contributed by atoms with Gasteiger partial charge in [-0.15, -0.1) is 11.3 Å². The maximum Gasteiger partial charge on any atom is 0.250 e. The Bertz CT molecular complexity index is 690. The molecular formula is C18H22N2O2S. The Morgan fingerprint density at radius 2 is 2.09 bits per heavy atom. The number of amides is 1. The van der Waals surface area contributed by atoms with E-state index in [0.717, 1.165) is 17.0 Å². The third kappa shape index (κ3) is 5.53. The molecule has 1 aromatic heterocycles. The van der Waals surface area contributed by atoms with Crippen molar-refractivity contribution >= 4 is 28.5 Å². The second-order valence-corrected chi connectivity index (χ2v) is 6.65. The van der Waals surface area contributed by atoms with Gasteiger partial charge in [-0.25, -0.2) is 4.98 Å². The van der Waals surface area contributed by atoms with Gasteiger partial charge >= 0.3 is 0 Å². The molecule has 0 aliphatic carbocycles. The number of thiazole rings is 1. The smallest absolute Gasteiger partial charge is 0.250 e. The van der Waals surface area contributed by atoms with Crippen molar-refractivity contribution in [2.75, 3.05) is 5.32 Å². The van der Waals surface area contributed by atoms with Gasteiger partial charge in [0, 0.05) is 11.5 Å². The summed E-state index contributed by atoms with van der Waals surface area (Å²) in [6.45, 7) is 8.12. The van der Waals surface area contributed by atoms with E-state index in [4.69, 9.17) is 4.74 Å². The van der Waals surface area contributed by atoms with Crippen molar-refractivity contribution in [3.8, 4) is 5.75 Å². The summed E-state index contributed by atoms with van der Waals surface area (Å²) in [5, 5.41) is 5.38. The Labute approximate surface area is 141 Å². The van der Waals surface area contributed by atoms with Crippen molar-refractivity contribution in [1.29, 1.82) is 0 Å². The van der Waals surface area contributed by atoms with Crippen LogP contribution in [0.4, 0.5) is 5.13 Å². The molecule has 5 heteroatoms. The molecule has 0 spiro atoms. The van der Waals surface area contributed by atoms with Crippen LogP contribution in [-0.4, -0.2) is 17.0 Å². The first-order chi connectivity index (χ1) is 10.9. The van der Waals surface area contributed by atoms with Crippen LogP contribution in [0, 0.1) is 0 Å². The van der Waals surface area contributed by atoms with Gasteiger partial charge < -0.3 is 4.74 Å². The highest BCUT2D eigenvalue weighted by Gasteiger charge is 2.07. The predicted molar refractivity (Wildman–Crippen MR) is 96.1 cm³/mol. The number of rotatable bonds is 6. The third-order valence-corrected chi connectivity index (χ3v) is 3.78. The number of hydrogen-bond donors (Lipinski definition) is 1. The fraction of sp³-hybridized carbons (Fsp3) is 0.333. The minimum atomic E-state index is -0.190. The van der Waals surface area contributed by atoms with Gasteiger partial charge in [-0.3, -0.25) is 10.1 Å². The van der Waals surface area contributed by atoms with Crippen LogP contribution in [0.5, 0.6) is 5.75 Å². The van der Waals surface area contributed by atoms with E-state index in [-0.39, 0.29) is 12.0 Å². The molecule has 23 heavy (non-hydrogen) atoms. The molecule has 0 bridgehead atoms. The van der Waals surface area contributed by atoms with Crippen LogP contribution in [0.1, 0.15) is 44.9 Å². The van der Waals surface area contributed by atoms with Gasteiger partial charge in [0.15, 0.2) is 5.13 Å². The molecule has 0 saturated heterocycles. The van der Waals surface area contributed by atoms with Gasteiger partial charge in [-0.2, -0.15) is 0 Å². The van der Waals surface area contributed by atoms with Crippen LogP contribution in [0.25, 0.3) is 6.08 Å². The number of carbonyl (C=O) groups is 1. The Morgan fingerprint density at radius 3 is 2.74 bits per heavy atom. The van der Waals surface area contributed by atoms with E-state index in [1.54, 1.807) is 6.08 Å². The van der Waals surface area contributed by atoms with E-state index in [1.165, 1.54) is 17.4 Å². The van der Waals surface area contributed by atoms with Crippen LogP contribution in [0.2, 0.25) is 0 Å². The highest BCUT2D eigenvalue weighted by molar-refractivity contribution is 7.14. The van der Waals surface area contributed by atoms with Gasteiger partial charge in [0.1, 0.15) is 5.75 Å². The number of ether oxygens (including phenoxy) is 1. The molecule has 0 unspecified atom stereocenters. The van der Waals surface area contributed by atoms with E-state index < -0.39 is 0 Å². The van der Waals surface area contributed by atoms with Crippen LogP contribution < -0.4 is 10.1 Å². The Hall–Kier alpha value is -2.14. The quantitative estimate of drug-likeness (QED) is 0.781. The monoisotopic (exact) mass is 330 g/mol. The zero-order chi connectivity index (χ0) is 16.8. The normalized spacial score (nSPS) is 11.4. The summed E-state index contributed by atoms with van der Waals surface area (Å²) in [6, 6.07) is 7.65. The number of carbonyl (C=O) groups excluding carboxylic acids is 1. The lowest BCUT2D eigenvalue weighted by Crippen LogP contribution is -2.07. The molecule has 0 saturated carbocycles. The standard InChI is InChI=1S/C18H22N2O2S/c1-12(2)16-11-23-18(19-16)20-17(21)9-8-14-6-5-7-15(10-14)22-13(3)4/h5-13H,1-4H3,(H,19,20,21)/b9-8+. The SMILES string of the molecule is CC(C)Oc1cccc(/C=C/C(=O)Nc2nc(C(C)C)cs2)c1. The second kappa shape index (κ2) is 7.92. The molecule has 0 aliphatic rings. The molecule has 1 amide bonds. The molecule has 0 radical (unpaired) electrons. The number of hydrogen-bond acceptors (Lipinski definition) is 4. The predicted octanol–water partition coefficient (Wildman–Crippen LogP) is 4.71. The summed E-state index contributed by atoms with van der Waals surface area (Å²) in [7, 11) is 0. The number of benzene rings is 1. The van der Waals surface area contributed by atoms with Crippen molar-refractivity contribution in [1.82, 2.24) is 4.98 Å². The first kappa shape index (κ1) is 17.2. The third-order valence-electron chi connectivity index (χ3n) is 3.00. The maximum atomic E-state index is 12.0. The lowest BCUT2D eigenvalue weighted by atomic mass is 10.2. The summed E-state index contributed by atoms with van der Waals surface area (Å²) < 4.78 is 5.64. The van der Waals surface area contributed by atoms with E-state index in [0.29, 0.717) is 11.0 Å². The average molecular weight is 330 g/mol. The maximum absolute atomic E-state index is 12.0. The molecule has 4 nitrogen and oxygen atoms in total. The molecule has 1 N–H and O–H groups in total. The largest absolute Gasteiger partial charge is 0.491 e. The first-order valence-corrected chi connectivity index (χ1v) is 8.53. The van der Waals surface area contributed by atoms with Crippen LogP contribution in [-0.2, 0) is 4.79 Å². The highest BCUT2D eigenvalue weighted by atomic mass is 32.1. The number of aromatic nitrogens is 1. The molecule has 0 atom stereocenters. The lowest BCUT2D eigenvalue weighted by Gasteiger charge is -2.09. The van der Waals surface area contributed by atoms with E-state index in [9.17, 15) is 4.79 Å². The Balaban J connectivity index is 1.97. The molecule has 0 fully saturated rings. The summed E-state index contributed by atoms with van der Waals surface area (Å²) in [5.74, 6) is 0.963.